The monoisotopic (exact) mass is 861 g/mol. The Hall–Kier alpha value is -1.44. The highest BCUT2D eigenvalue weighted by atomic mass is 31.2. The molecular formula is C46H85O12P. The van der Waals surface area contributed by atoms with Gasteiger partial charge < -0.3 is 39.9 Å². The summed E-state index contributed by atoms with van der Waals surface area (Å²) in [7, 11) is -5.02. The van der Waals surface area contributed by atoms with E-state index in [1.807, 2.05) is 0 Å². The van der Waals surface area contributed by atoms with Crippen LogP contribution in [0.15, 0.2) is 36.5 Å². The molecule has 0 amide bonds. The molecule has 0 spiro atoms. The van der Waals surface area contributed by atoms with Gasteiger partial charge in [-0.3, -0.25) is 13.8 Å². The Balaban J connectivity index is 2.37. The standard InChI is InChI=1S/C46H85O12P/c1-3-5-7-9-11-13-15-16-17-18-19-20-21-22-23-24-25-27-29-31-33-35-40(47)57-39(37-55-36-34-32-30-28-26-14-12-10-8-6-4-2)38-56-59(53,54)58-46-44(51)42(49)41(48)43(50)45(46)52/h15-16,18-19,21-22,39,41-46,48-52H,3-14,17,20,23-38H2,1-2H3,(H,53,54)/b16-15-,19-18-,22-21-. The maximum atomic E-state index is 12.8. The molecule has 0 heterocycles. The van der Waals surface area contributed by atoms with E-state index in [-0.39, 0.29) is 13.0 Å². The van der Waals surface area contributed by atoms with Crippen molar-refractivity contribution in [1.29, 1.82) is 0 Å². The van der Waals surface area contributed by atoms with Gasteiger partial charge >= 0.3 is 13.8 Å². The first-order chi connectivity index (χ1) is 28.5. The van der Waals surface area contributed by atoms with Gasteiger partial charge in [-0.25, -0.2) is 4.57 Å². The molecule has 0 saturated heterocycles. The summed E-state index contributed by atoms with van der Waals surface area (Å²) in [5.74, 6) is -0.489. The lowest BCUT2D eigenvalue weighted by molar-refractivity contribution is -0.220. The molecule has 12 nitrogen and oxygen atoms in total. The molecule has 6 atom stereocenters. The van der Waals surface area contributed by atoms with Crippen LogP contribution < -0.4 is 0 Å². The van der Waals surface area contributed by atoms with Gasteiger partial charge in [0, 0.05) is 13.0 Å². The third-order valence-electron chi connectivity index (χ3n) is 10.8. The molecule has 1 aliphatic rings. The topological polar surface area (TPSA) is 192 Å². The van der Waals surface area contributed by atoms with Gasteiger partial charge in [0.2, 0.25) is 0 Å². The van der Waals surface area contributed by atoms with Gasteiger partial charge in [-0.15, -0.1) is 0 Å². The van der Waals surface area contributed by atoms with Crippen LogP contribution >= 0.6 is 7.82 Å². The second-order valence-electron chi connectivity index (χ2n) is 16.3. The van der Waals surface area contributed by atoms with Crippen molar-refractivity contribution in [2.45, 2.75) is 230 Å². The van der Waals surface area contributed by atoms with Crippen molar-refractivity contribution in [3.05, 3.63) is 36.5 Å². The second kappa shape index (κ2) is 37.1. The van der Waals surface area contributed by atoms with E-state index in [0.717, 1.165) is 70.6 Å². The van der Waals surface area contributed by atoms with Crippen molar-refractivity contribution in [1.82, 2.24) is 0 Å². The summed E-state index contributed by atoms with van der Waals surface area (Å²) >= 11 is 0. The molecule has 0 radical (unpaired) electrons. The Labute approximate surface area is 357 Å². The van der Waals surface area contributed by atoms with Gasteiger partial charge in [-0.1, -0.05) is 166 Å². The summed E-state index contributed by atoms with van der Waals surface area (Å²) in [6, 6.07) is 0. The SMILES string of the molecule is CCCCCCC/C=C\C/C=C\C/C=C\CCCCCCCCC(=O)OC(COCCCCCCCCCCCCC)COP(=O)(O)OC1C(O)C(O)C(O)C(O)C1O. The van der Waals surface area contributed by atoms with E-state index < -0.39 is 63.1 Å². The molecular weight excluding hydrogens is 775 g/mol. The van der Waals surface area contributed by atoms with Gasteiger partial charge in [-0.2, -0.15) is 0 Å². The second-order valence-corrected chi connectivity index (χ2v) is 17.7. The van der Waals surface area contributed by atoms with Crippen molar-refractivity contribution in [2.75, 3.05) is 19.8 Å². The lowest BCUT2D eigenvalue weighted by atomic mass is 9.85. The van der Waals surface area contributed by atoms with Gasteiger partial charge in [0.05, 0.1) is 13.2 Å². The van der Waals surface area contributed by atoms with E-state index in [0.29, 0.717) is 13.0 Å². The summed E-state index contributed by atoms with van der Waals surface area (Å²) in [5.41, 5.74) is 0. The van der Waals surface area contributed by atoms with Gasteiger partial charge in [-0.05, 0) is 51.4 Å². The van der Waals surface area contributed by atoms with E-state index in [1.54, 1.807) is 0 Å². The van der Waals surface area contributed by atoms with Crippen LogP contribution in [0.1, 0.15) is 187 Å². The van der Waals surface area contributed by atoms with E-state index >= 15 is 0 Å². The number of rotatable bonds is 39. The van der Waals surface area contributed by atoms with Crippen LogP contribution in [0.5, 0.6) is 0 Å². The van der Waals surface area contributed by atoms with Crippen molar-refractivity contribution < 1.29 is 58.3 Å². The molecule has 1 saturated carbocycles. The first-order valence-corrected chi connectivity index (χ1v) is 24.8. The average Bonchev–Trinajstić information content (AvgIpc) is 3.22. The van der Waals surface area contributed by atoms with Crippen LogP contribution in [0.4, 0.5) is 0 Å². The first-order valence-electron chi connectivity index (χ1n) is 23.3. The molecule has 0 aromatic heterocycles. The largest absolute Gasteiger partial charge is 0.472 e. The van der Waals surface area contributed by atoms with E-state index in [9.17, 15) is 39.8 Å². The Bertz CT molecular complexity index is 1120. The number of carbonyl (C=O) groups is 1. The summed E-state index contributed by atoms with van der Waals surface area (Å²) in [6.45, 7) is 4.23. The van der Waals surface area contributed by atoms with Crippen molar-refractivity contribution in [2.24, 2.45) is 0 Å². The minimum Gasteiger partial charge on any atom is -0.457 e. The van der Waals surface area contributed by atoms with E-state index in [2.05, 4.69) is 50.3 Å². The fourth-order valence-electron chi connectivity index (χ4n) is 7.01. The zero-order valence-electron chi connectivity index (χ0n) is 36.8. The normalized spacial score (nSPS) is 22.8. The molecule has 0 aliphatic heterocycles. The molecule has 6 unspecified atom stereocenters. The number of hydrogen-bond donors (Lipinski definition) is 6. The Kier molecular flexibility index (Phi) is 35.0. The third kappa shape index (κ3) is 29.5. The van der Waals surface area contributed by atoms with Crippen LogP contribution in [-0.4, -0.2) is 98.9 Å². The molecule has 346 valence electrons. The van der Waals surface area contributed by atoms with Gasteiger partial charge in [0.15, 0.2) is 0 Å². The molecule has 13 heteroatoms. The molecule has 0 bridgehead atoms. The van der Waals surface area contributed by atoms with E-state index in [1.165, 1.54) is 89.9 Å². The lowest BCUT2D eigenvalue weighted by Gasteiger charge is -2.41. The minimum absolute atomic E-state index is 0.0802. The number of esters is 1. The number of phosphoric acid groups is 1. The number of unbranched alkanes of at least 4 members (excludes halogenated alkanes) is 21. The summed E-state index contributed by atoms with van der Waals surface area (Å²) in [5, 5.41) is 50.1. The highest BCUT2D eigenvalue weighted by Gasteiger charge is 2.51. The fourth-order valence-corrected chi connectivity index (χ4v) is 7.98. The highest BCUT2D eigenvalue weighted by molar-refractivity contribution is 7.47. The van der Waals surface area contributed by atoms with Crippen LogP contribution in [0, 0.1) is 0 Å². The lowest BCUT2D eigenvalue weighted by Crippen LogP contribution is -2.64. The molecule has 1 fully saturated rings. The first kappa shape index (κ1) is 55.6. The fraction of sp³-hybridized carbons (Fsp3) is 0.848. The van der Waals surface area contributed by atoms with E-state index in [4.69, 9.17) is 18.5 Å². The highest BCUT2D eigenvalue weighted by Crippen LogP contribution is 2.47. The van der Waals surface area contributed by atoms with Crippen LogP contribution in [0.2, 0.25) is 0 Å². The minimum atomic E-state index is -5.02. The Morgan fingerprint density at radius 2 is 0.949 bits per heavy atom. The molecule has 1 rings (SSSR count). The molecule has 59 heavy (non-hydrogen) atoms. The van der Waals surface area contributed by atoms with Crippen molar-refractivity contribution >= 4 is 13.8 Å². The number of allylic oxidation sites excluding steroid dienone is 6. The molecule has 0 aromatic carbocycles. The predicted molar refractivity (Wildman–Crippen MR) is 235 cm³/mol. The van der Waals surface area contributed by atoms with Crippen LogP contribution in [0.25, 0.3) is 0 Å². The zero-order chi connectivity index (χ0) is 43.4. The Morgan fingerprint density at radius 3 is 1.44 bits per heavy atom. The smallest absolute Gasteiger partial charge is 0.457 e. The Morgan fingerprint density at radius 1 is 0.542 bits per heavy atom. The predicted octanol–water partition coefficient (Wildman–Crippen LogP) is 9.48. The van der Waals surface area contributed by atoms with Gasteiger partial charge in [0.25, 0.3) is 0 Å². The van der Waals surface area contributed by atoms with Crippen molar-refractivity contribution in [3.8, 4) is 0 Å². The maximum absolute atomic E-state index is 12.8. The number of ether oxygens (including phenoxy) is 2. The molecule has 1 aliphatic carbocycles. The molecule has 0 aromatic rings. The van der Waals surface area contributed by atoms with Gasteiger partial charge in [0.1, 0.15) is 42.7 Å². The number of aliphatic hydroxyl groups excluding tert-OH is 5. The summed E-state index contributed by atoms with van der Waals surface area (Å²) in [6.07, 6.45) is 30.7. The number of phosphoric ester groups is 1. The molecule has 6 N–H and O–H groups in total. The number of aliphatic hydroxyl groups is 5. The quantitative estimate of drug-likeness (QED) is 0.0149. The number of hydrogen-bond acceptors (Lipinski definition) is 11. The van der Waals surface area contributed by atoms with Crippen molar-refractivity contribution in [3.63, 3.8) is 0 Å². The number of carbonyl (C=O) groups excluding carboxylic acids is 1. The summed E-state index contributed by atoms with van der Waals surface area (Å²) in [4.78, 5) is 23.1. The average molecular weight is 861 g/mol. The maximum Gasteiger partial charge on any atom is 0.472 e. The van der Waals surface area contributed by atoms with Crippen LogP contribution in [-0.2, 0) is 27.9 Å². The summed E-state index contributed by atoms with van der Waals surface area (Å²) < 4.78 is 34.1. The van der Waals surface area contributed by atoms with Crippen LogP contribution in [0.3, 0.4) is 0 Å². The third-order valence-corrected chi connectivity index (χ3v) is 11.8. The zero-order valence-corrected chi connectivity index (χ0v) is 37.7.